The number of primary amides is 1. The third-order valence-corrected chi connectivity index (χ3v) is 3.82. The van der Waals surface area contributed by atoms with Crippen molar-refractivity contribution >= 4 is 5.91 Å². The molecule has 1 aromatic carbocycles. The van der Waals surface area contributed by atoms with E-state index in [1.807, 2.05) is 12.1 Å². The van der Waals surface area contributed by atoms with E-state index in [4.69, 9.17) is 10.8 Å². The molecule has 4 nitrogen and oxygen atoms in total. The molecule has 0 atom stereocenters. The highest BCUT2D eigenvalue weighted by Crippen LogP contribution is 2.18. The lowest BCUT2D eigenvalue weighted by molar-refractivity contribution is -0.123. The summed E-state index contributed by atoms with van der Waals surface area (Å²) in [6.45, 7) is 2.85. The molecule has 4 heteroatoms. The number of piperidine rings is 1. The molecule has 1 saturated heterocycles. The molecule has 0 aliphatic carbocycles. The third-order valence-electron chi connectivity index (χ3n) is 3.82. The number of carbonyl (C=O) groups excluding carboxylic acids is 1. The Kier molecular flexibility index (Phi) is 5.79. The Labute approximate surface area is 125 Å². The van der Waals surface area contributed by atoms with Crippen molar-refractivity contribution in [3.05, 3.63) is 35.4 Å². The van der Waals surface area contributed by atoms with Crippen molar-refractivity contribution in [3.8, 4) is 11.8 Å². The third kappa shape index (κ3) is 4.89. The van der Waals surface area contributed by atoms with Crippen LogP contribution in [0.5, 0.6) is 0 Å². The minimum absolute atomic E-state index is 0.0467. The molecule has 0 saturated carbocycles. The zero-order valence-electron chi connectivity index (χ0n) is 12.2. The minimum Gasteiger partial charge on any atom is -0.395 e. The zero-order chi connectivity index (χ0) is 15.1. The van der Waals surface area contributed by atoms with E-state index in [1.165, 1.54) is 5.56 Å². The molecule has 1 fully saturated rings. The summed E-state index contributed by atoms with van der Waals surface area (Å²) in [5.41, 5.74) is 7.57. The van der Waals surface area contributed by atoms with E-state index in [1.54, 1.807) is 0 Å². The van der Waals surface area contributed by atoms with Crippen LogP contribution in [0.2, 0.25) is 0 Å². The van der Waals surface area contributed by atoms with Gasteiger partial charge in [0.15, 0.2) is 0 Å². The van der Waals surface area contributed by atoms with Gasteiger partial charge in [-0.25, -0.2) is 0 Å². The van der Waals surface area contributed by atoms with Crippen LogP contribution in [0, 0.1) is 17.8 Å². The number of nitrogens with two attached hydrogens (primary N) is 1. The standard InChI is InChI=1S/C17H22N2O2/c18-17(21)16-8-10-19(11-9-16)13-15-6-4-14(5-7-15)3-1-2-12-20/h4-7,16,20H,2,8-13H2,(H2,18,21). The van der Waals surface area contributed by atoms with Crippen LogP contribution in [0.1, 0.15) is 30.4 Å². The summed E-state index contributed by atoms with van der Waals surface area (Å²) in [5, 5.41) is 8.69. The predicted molar refractivity (Wildman–Crippen MR) is 82.2 cm³/mol. The summed E-state index contributed by atoms with van der Waals surface area (Å²) in [6.07, 6.45) is 2.23. The number of carbonyl (C=O) groups is 1. The van der Waals surface area contributed by atoms with Gasteiger partial charge in [0, 0.05) is 24.4 Å². The van der Waals surface area contributed by atoms with Gasteiger partial charge in [0.25, 0.3) is 0 Å². The molecule has 1 aromatic rings. The topological polar surface area (TPSA) is 66.6 Å². The molecule has 0 unspecified atom stereocenters. The van der Waals surface area contributed by atoms with Crippen LogP contribution in [-0.2, 0) is 11.3 Å². The van der Waals surface area contributed by atoms with Gasteiger partial charge >= 0.3 is 0 Å². The van der Waals surface area contributed by atoms with Crippen molar-refractivity contribution in [2.24, 2.45) is 11.7 Å². The summed E-state index contributed by atoms with van der Waals surface area (Å²) < 4.78 is 0. The van der Waals surface area contributed by atoms with Crippen molar-refractivity contribution in [2.45, 2.75) is 25.8 Å². The highest BCUT2D eigenvalue weighted by atomic mass is 16.2. The van der Waals surface area contributed by atoms with Gasteiger partial charge in [0.1, 0.15) is 0 Å². The van der Waals surface area contributed by atoms with Crippen LogP contribution in [0.15, 0.2) is 24.3 Å². The molecule has 1 amide bonds. The van der Waals surface area contributed by atoms with E-state index in [-0.39, 0.29) is 18.4 Å². The molecule has 1 heterocycles. The van der Waals surface area contributed by atoms with Gasteiger partial charge in [-0.3, -0.25) is 9.69 Å². The molecule has 1 aliphatic rings. The highest BCUT2D eigenvalue weighted by Gasteiger charge is 2.22. The van der Waals surface area contributed by atoms with Crippen molar-refractivity contribution in [3.63, 3.8) is 0 Å². The lowest BCUT2D eigenvalue weighted by Crippen LogP contribution is -2.38. The van der Waals surface area contributed by atoms with Crippen molar-refractivity contribution in [2.75, 3.05) is 19.7 Å². The summed E-state index contributed by atoms with van der Waals surface area (Å²) in [6, 6.07) is 8.19. The number of amides is 1. The van der Waals surface area contributed by atoms with Crippen LogP contribution in [0.4, 0.5) is 0 Å². The molecule has 0 aromatic heterocycles. The Morgan fingerprint density at radius 3 is 2.52 bits per heavy atom. The summed E-state index contributed by atoms with van der Waals surface area (Å²) in [4.78, 5) is 13.5. The largest absolute Gasteiger partial charge is 0.395 e. The first-order chi connectivity index (χ1) is 10.2. The van der Waals surface area contributed by atoms with Gasteiger partial charge in [-0.2, -0.15) is 0 Å². The van der Waals surface area contributed by atoms with Gasteiger partial charge in [0.2, 0.25) is 5.91 Å². The molecule has 1 aliphatic heterocycles. The lowest BCUT2D eigenvalue weighted by Gasteiger charge is -2.30. The molecule has 2 rings (SSSR count). The predicted octanol–water partition coefficient (Wildman–Crippen LogP) is 1.12. The van der Waals surface area contributed by atoms with Crippen LogP contribution >= 0.6 is 0 Å². The van der Waals surface area contributed by atoms with E-state index < -0.39 is 0 Å². The SMILES string of the molecule is NC(=O)C1CCN(Cc2ccc(C#CCCO)cc2)CC1. The fourth-order valence-electron chi connectivity index (χ4n) is 2.55. The Bertz CT molecular complexity index is 520. The number of likely N-dealkylation sites (tertiary alicyclic amines) is 1. The molecule has 21 heavy (non-hydrogen) atoms. The van der Waals surface area contributed by atoms with Gasteiger partial charge < -0.3 is 10.8 Å². The normalized spacial score (nSPS) is 16.2. The number of rotatable bonds is 4. The Hall–Kier alpha value is -1.83. The molecular formula is C17H22N2O2. The fourth-order valence-corrected chi connectivity index (χ4v) is 2.55. The second-order valence-corrected chi connectivity index (χ2v) is 5.43. The number of nitrogens with zero attached hydrogens (tertiary/aromatic N) is 1. The van der Waals surface area contributed by atoms with Crippen LogP contribution in [0.3, 0.4) is 0 Å². The smallest absolute Gasteiger partial charge is 0.220 e. The first-order valence-electron chi connectivity index (χ1n) is 7.39. The maximum Gasteiger partial charge on any atom is 0.220 e. The number of aliphatic hydroxyl groups excluding tert-OH is 1. The number of aliphatic hydroxyl groups is 1. The molecule has 0 radical (unpaired) electrons. The van der Waals surface area contributed by atoms with E-state index in [2.05, 4.69) is 28.9 Å². The van der Waals surface area contributed by atoms with Crippen LogP contribution < -0.4 is 5.73 Å². The molecule has 3 N–H and O–H groups in total. The number of hydrogen-bond donors (Lipinski definition) is 2. The molecule has 0 spiro atoms. The summed E-state index contributed by atoms with van der Waals surface area (Å²) in [7, 11) is 0. The highest BCUT2D eigenvalue weighted by molar-refractivity contribution is 5.76. The van der Waals surface area contributed by atoms with Gasteiger partial charge in [0.05, 0.1) is 6.61 Å². The maximum atomic E-state index is 11.1. The average Bonchev–Trinajstić information content (AvgIpc) is 2.50. The first-order valence-corrected chi connectivity index (χ1v) is 7.39. The maximum absolute atomic E-state index is 11.1. The Morgan fingerprint density at radius 1 is 1.29 bits per heavy atom. The zero-order valence-corrected chi connectivity index (χ0v) is 12.2. The van der Waals surface area contributed by atoms with E-state index >= 15 is 0 Å². The summed E-state index contributed by atoms with van der Waals surface area (Å²) in [5.74, 6) is 5.81. The van der Waals surface area contributed by atoms with Crippen LogP contribution in [-0.4, -0.2) is 35.6 Å². The van der Waals surface area contributed by atoms with E-state index in [0.717, 1.165) is 38.0 Å². The first kappa shape index (κ1) is 15.6. The van der Waals surface area contributed by atoms with Crippen LogP contribution in [0.25, 0.3) is 0 Å². The second-order valence-electron chi connectivity index (χ2n) is 5.43. The quantitative estimate of drug-likeness (QED) is 0.815. The number of benzene rings is 1. The molecule has 0 bridgehead atoms. The van der Waals surface area contributed by atoms with E-state index in [9.17, 15) is 4.79 Å². The lowest BCUT2D eigenvalue weighted by atomic mass is 9.96. The van der Waals surface area contributed by atoms with Crippen molar-refractivity contribution in [1.29, 1.82) is 0 Å². The monoisotopic (exact) mass is 286 g/mol. The molecule has 112 valence electrons. The van der Waals surface area contributed by atoms with Gasteiger partial charge in [-0.1, -0.05) is 24.0 Å². The second kappa shape index (κ2) is 7.82. The van der Waals surface area contributed by atoms with E-state index in [0.29, 0.717) is 6.42 Å². The van der Waals surface area contributed by atoms with Gasteiger partial charge in [-0.15, -0.1) is 0 Å². The fraction of sp³-hybridized carbons (Fsp3) is 0.471. The Balaban J connectivity index is 1.84. The van der Waals surface area contributed by atoms with Crippen molar-refractivity contribution in [1.82, 2.24) is 4.90 Å². The molecular weight excluding hydrogens is 264 g/mol. The minimum atomic E-state index is -0.166. The number of hydrogen-bond acceptors (Lipinski definition) is 3. The van der Waals surface area contributed by atoms with Gasteiger partial charge in [-0.05, 0) is 43.6 Å². The average molecular weight is 286 g/mol. The summed E-state index contributed by atoms with van der Waals surface area (Å²) >= 11 is 0. The Morgan fingerprint density at radius 2 is 1.95 bits per heavy atom. The van der Waals surface area contributed by atoms with Crippen molar-refractivity contribution < 1.29 is 9.90 Å².